The first-order chi connectivity index (χ1) is 8.92. The van der Waals surface area contributed by atoms with Gasteiger partial charge in [-0.3, -0.25) is 4.72 Å². The van der Waals surface area contributed by atoms with Gasteiger partial charge in [0.15, 0.2) is 0 Å². The predicted molar refractivity (Wildman–Crippen MR) is 76.7 cm³/mol. The number of aromatic amines is 1. The molecule has 0 fully saturated rings. The minimum absolute atomic E-state index is 0.0448. The van der Waals surface area contributed by atoms with Gasteiger partial charge in [0.2, 0.25) is 0 Å². The number of hydrogen-bond donors (Lipinski definition) is 3. The number of aliphatic hydroxyl groups excluding tert-OH is 1. The van der Waals surface area contributed by atoms with Crippen molar-refractivity contribution in [2.75, 3.05) is 4.72 Å². The van der Waals surface area contributed by atoms with E-state index in [1.54, 1.807) is 12.1 Å². The van der Waals surface area contributed by atoms with Crippen LogP contribution in [0.15, 0.2) is 39.8 Å². The number of hydrogen-bond acceptors (Lipinski definition) is 3. The molecule has 0 saturated carbocycles. The number of aliphatic hydroxyl groups is 1. The van der Waals surface area contributed by atoms with E-state index in [2.05, 4.69) is 25.6 Å². The summed E-state index contributed by atoms with van der Waals surface area (Å²) in [5.74, 6) is 0. The molecule has 0 unspecified atom stereocenters. The second-order valence-corrected chi connectivity index (χ2v) is 6.72. The van der Waals surface area contributed by atoms with Crippen LogP contribution in [0.25, 0.3) is 0 Å². The lowest BCUT2D eigenvalue weighted by molar-refractivity contribution is 0.277. The van der Waals surface area contributed by atoms with Crippen LogP contribution in [0.3, 0.4) is 0 Å². The fourth-order valence-corrected chi connectivity index (χ4v) is 3.18. The van der Waals surface area contributed by atoms with Crippen molar-refractivity contribution in [1.29, 1.82) is 0 Å². The molecule has 1 aromatic heterocycles. The molecule has 5 nitrogen and oxygen atoms in total. The summed E-state index contributed by atoms with van der Waals surface area (Å²) in [4.78, 5) is 2.71. The third-order valence-electron chi connectivity index (χ3n) is 2.37. The second kappa shape index (κ2) is 5.54. The van der Waals surface area contributed by atoms with Gasteiger partial charge >= 0.3 is 0 Å². The maximum absolute atomic E-state index is 12.1. The second-order valence-electron chi connectivity index (χ2n) is 3.75. The number of sulfonamides is 1. The number of rotatable bonds is 4. The lowest BCUT2D eigenvalue weighted by Gasteiger charge is -2.08. The average Bonchev–Trinajstić information content (AvgIpc) is 2.83. The molecule has 0 aliphatic rings. The fraction of sp³-hybridized carbons (Fsp3) is 0.0909. The highest BCUT2D eigenvalue weighted by molar-refractivity contribution is 9.10. The van der Waals surface area contributed by atoms with Crippen molar-refractivity contribution in [1.82, 2.24) is 4.98 Å². The van der Waals surface area contributed by atoms with Crippen molar-refractivity contribution in [3.05, 3.63) is 45.7 Å². The van der Waals surface area contributed by atoms with Gasteiger partial charge in [-0.15, -0.1) is 0 Å². The molecule has 0 bridgehead atoms. The van der Waals surface area contributed by atoms with Crippen LogP contribution in [0, 0.1) is 0 Å². The molecular formula is C11H10BrClN2O3S. The first kappa shape index (κ1) is 14.4. The van der Waals surface area contributed by atoms with Gasteiger partial charge in [0.25, 0.3) is 10.0 Å². The van der Waals surface area contributed by atoms with Crippen molar-refractivity contribution in [2.45, 2.75) is 11.5 Å². The zero-order valence-electron chi connectivity index (χ0n) is 9.52. The summed E-state index contributed by atoms with van der Waals surface area (Å²) >= 11 is 9.06. The topological polar surface area (TPSA) is 82.2 Å². The molecule has 2 rings (SSSR count). The highest BCUT2D eigenvalue weighted by atomic mass is 79.9. The fourth-order valence-electron chi connectivity index (χ4n) is 1.44. The lowest BCUT2D eigenvalue weighted by Crippen LogP contribution is -2.12. The average molecular weight is 366 g/mol. The first-order valence-electron chi connectivity index (χ1n) is 5.18. The number of benzene rings is 1. The Hall–Kier alpha value is -1.02. The maximum atomic E-state index is 12.1. The van der Waals surface area contributed by atoms with Gasteiger partial charge in [-0.25, -0.2) is 8.42 Å². The molecule has 1 aromatic carbocycles. The zero-order chi connectivity index (χ0) is 14.0. The van der Waals surface area contributed by atoms with Crippen LogP contribution in [0.5, 0.6) is 0 Å². The van der Waals surface area contributed by atoms with Crippen LogP contribution in [-0.2, 0) is 16.6 Å². The maximum Gasteiger partial charge on any atom is 0.263 e. The molecule has 1 heterocycles. The highest BCUT2D eigenvalue weighted by Crippen LogP contribution is 2.28. The van der Waals surface area contributed by atoms with E-state index in [0.717, 1.165) is 0 Å². The smallest absolute Gasteiger partial charge is 0.263 e. The normalized spacial score (nSPS) is 11.5. The molecule has 8 heteroatoms. The molecule has 0 amide bonds. The van der Waals surface area contributed by atoms with Gasteiger partial charge in [-0.2, -0.15) is 0 Å². The van der Waals surface area contributed by atoms with E-state index in [1.807, 2.05) is 0 Å². The van der Waals surface area contributed by atoms with E-state index in [-0.39, 0.29) is 11.5 Å². The molecule has 19 heavy (non-hydrogen) atoms. The lowest BCUT2D eigenvalue weighted by atomic mass is 10.3. The van der Waals surface area contributed by atoms with Gasteiger partial charge in [0.05, 0.1) is 12.3 Å². The number of H-pyrrole nitrogens is 1. The summed E-state index contributed by atoms with van der Waals surface area (Å²) in [6.07, 6.45) is 1.31. The molecule has 0 radical (unpaired) electrons. The molecule has 102 valence electrons. The van der Waals surface area contributed by atoms with Gasteiger partial charge in [-0.1, -0.05) is 11.6 Å². The summed E-state index contributed by atoms with van der Waals surface area (Å²) in [7, 11) is -3.72. The van der Waals surface area contributed by atoms with Crippen molar-refractivity contribution >= 4 is 43.2 Å². The van der Waals surface area contributed by atoms with E-state index in [0.29, 0.717) is 20.9 Å². The Morgan fingerprint density at radius 2 is 2.11 bits per heavy atom. The SMILES string of the molecule is O=S(=O)(Nc1cc(Cl)ccc1Br)c1c[nH]c(CO)c1. The summed E-state index contributed by atoms with van der Waals surface area (Å²) in [5.41, 5.74) is 0.768. The number of nitrogens with one attached hydrogen (secondary N) is 2. The Kier molecular flexibility index (Phi) is 4.19. The van der Waals surface area contributed by atoms with Crippen LogP contribution in [0.4, 0.5) is 5.69 Å². The Bertz CT molecular complexity index is 700. The summed E-state index contributed by atoms with van der Waals surface area (Å²) in [6, 6.07) is 6.16. The van der Waals surface area contributed by atoms with Crippen molar-refractivity contribution in [3.8, 4) is 0 Å². The van der Waals surface area contributed by atoms with E-state index < -0.39 is 10.0 Å². The van der Waals surface area contributed by atoms with Crippen LogP contribution >= 0.6 is 27.5 Å². The van der Waals surface area contributed by atoms with E-state index in [9.17, 15) is 8.42 Å². The molecule has 3 N–H and O–H groups in total. The Labute approximate surface area is 123 Å². The van der Waals surface area contributed by atoms with Crippen LogP contribution < -0.4 is 4.72 Å². The quantitative estimate of drug-likeness (QED) is 0.779. The van der Waals surface area contributed by atoms with Crippen molar-refractivity contribution in [3.63, 3.8) is 0 Å². The zero-order valence-corrected chi connectivity index (χ0v) is 12.7. The predicted octanol–water partition coefficient (Wildman–Crippen LogP) is 2.72. The Morgan fingerprint density at radius 1 is 1.37 bits per heavy atom. The van der Waals surface area contributed by atoms with Gasteiger partial charge in [-0.05, 0) is 40.2 Å². The van der Waals surface area contributed by atoms with Crippen LogP contribution in [-0.4, -0.2) is 18.5 Å². The van der Waals surface area contributed by atoms with Crippen molar-refractivity contribution < 1.29 is 13.5 Å². The summed E-state index contributed by atoms with van der Waals surface area (Å²) in [6.45, 7) is -0.254. The van der Waals surface area contributed by atoms with E-state index >= 15 is 0 Å². The first-order valence-corrected chi connectivity index (χ1v) is 7.84. The molecular weight excluding hydrogens is 356 g/mol. The van der Waals surface area contributed by atoms with Gasteiger partial charge in [0.1, 0.15) is 4.90 Å². The molecule has 0 aliphatic heterocycles. The standard InChI is InChI=1S/C11H10BrClN2O3S/c12-10-2-1-7(13)3-11(10)15-19(17,18)9-4-8(6-16)14-5-9/h1-5,14-16H,6H2. The van der Waals surface area contributed by atoms with Crippen LogP contribution in [0.2, 0.25) is 5.02 Å². The molecule has 0 atom stereocenters. The monoisotopic (exact) mass is 364 g/mol. The van der Waals surface area contributed by atoms with E-state index in [4.69, 9.17) is 16.7 Å². The minimum Gasteiger partial charge on any atom is -0.390 e. The number of aromatic nitrogens is 1. The molecule has 0 spiro atoms. The van der Waals surface area contributed by atoms with E-state index in [1.165, 1.54) is 18.3 Å². The third-order valence-corrected chi connectivity index (χ3v) is 4.64. The highest BCUT2D eigenvalue weighted by Gasteiger charge is 2.17. The summed E-state index contributed by atoms with van der Waals surface area (Å²) in [5, 5.41) is 9.34. The number of halogens is 2. The Morgan fingerprint density at radius 3 is 2.74 bits per heavy atom. The molecule has 0 saturated heterocycles. The Balaban J connectivity index is 2.33. The van der Waals surface area contributed by atoms with Crippen molar-refractivity contribution in [2.24, 2.45) is 0 Å². The largest absolute Gasteiger partial charge is 0.390 e. The summed E-state index contributed by atoms with van der Waals surface area (Å²) < 4.78 is 27.2. The minimum atomic E-state index is -3.72. The van der Waals surface area contributed by atoms with Crippen LogP contribution in [0.1, 0.15) is 5.69 Å². The number of anilines is 1. The molecule has 0 aliphatic carbocycles. The molecule has 2 aromatic rings. The van der Waals surface area contributed by atoms with Gasteiger partial charge in [0, 0.05) is 21.4 Å². The third kappa shape index (κ3) is 3.30. The van der Waals surface area contributed by atoms with Gasteiger partial charge < -0.3 is 10.1 Å².